The molecule has 0 aliphatic carbocycles. The number of amides is 1. The number of nitrogens with zero attached hydrogens (tertiary/aromatic N) is 3. The molecule has 142 valence electrons. The summed E-state index contributed by atoms with van der Waals surface area (Å²) < 4.78 is 19.5. The van der Waals surface area contributed by atoms with Crippen LogP contribution in [0.3, 0.4) is 0 Å². The number of methoxy groups -OCH3 is 1. The van der Waals surface area contributed by atoms with Crippen LogP contribution in [-0.4, -0.2) is 53.5 Å². The zero-order valence-electron chi connectivity index (χ0n) is 15.5. The second-order valence-electron chi connectivity index (χ2n) is 7.41. The lowest BCUT2D eigenvalue weighted by Gasteiger charge is -2.36. The van der Waals surface area contributed by atoms with E-state index >= 15 is 0 Å². The maximum absolute atomic E-state index is 14.4. The van der Waals surface area contributed by atoms with E-state index in [1.807, 2.05) is 17.0 Å². The van der Waals surface area contributed by atoms with Crippen LogP contribution in [0.1, 0.15) is 28.9 Å². The summed E-state index contributed by atoms with van der Waals surface area (Å²) in [5.41, 5.74) is 1.16. The highest BCUT2D eigenvalue weighted by Gasteiger charge is 2.37. The SMILES string of the molecule is COc1ccc(CN2C[C@H]3CC[C@@H]2CN(C(=O)c2ccccn2)C3)c(F)c1. The fraction of sp³-hybridized carbons (Fsp3) is 0.429. The Morgan fingerprint density at radius 3 is 2.85 bits per heavy atom. The summed E-state index contributed by atoms with van der Waals surface area (Å²) in [6.45, 7) is 2.86. The summed E-state index contributed by atoms with van der Waals surface area (Å²) in [5, 5.41) is 0. The van der Waals surface area contributed by atoms with Gasteiger partial charge in [-0.1, -0.05) is 12.1 Å². The summed E-state index contributed by atoms with van der Waals surface area (Å²) in [5.74, 6) is 0.694. The van der Waals surface area contributed by atoms with Crippen LogP contribution >= 0.6 is 0 Å². The molecule has 3 fully saturated rings. The van der Waals surface area contributed by atoms with Crippen molar-refractivity contribution in [2.45, 2.75) is 25.4 Å². The first-order valence-electron chi connectivity index (χ1n) is 9.41. The highest BCUT2D eigenvalue weighted by molar-refractivity contribution is 5.92. The van der Waals surface area contributed by atoms with E-state index in [-0.39, 0.29) is 17.8 Å². The minimum atomic E-state index is -0.240. The Morgan fingerprint density at radius 2 is 2.11 bits per heavy atom. The molecule has 0 unspecified atom stereocenters. The molecule has 1 amide bonds. The van der Waals surface area contributed by atoms with Crippen LogP contribution in [0.25, 0.3) is 0 Å². The van der Waals surface area contributed by atoms with Crippen molar-refractivity contribution in [1.82, 2.24) is 14.8 Å². The topological polar surface area (TPSA) is 45.7 Å². The van der Waals surface area contributed by atoms with Gasteiger partial charge in [0.25, 0.3) is 5.91 Å². The van der Waals surface area contributed by atoms with E-state index in [1.54, 1.807) is 24.4 Å². The van der Waals surface area contributed by atoms with Gasteiger partial charge in [0, 0.05) is 50.0 Å². The second kappa shape index (κ2) is 7.64. The normalized spacial score (nSPS) is 22.5. The Kier molecular flexibility index (Phi) is 5.07. The molecule has 3 aliphatic heterocycles. The van der Waals surface area contributed by atoms with Crippen molar-refractivity contribution >= 4 is 5.91 Å². The number of rotatable bonds is 4. The number of piperidine rings is 1. The Balaban J connectivity index is 1.49. The number of benzene rings is 1. The van der Waals surface area contributed by atoms with Crippen molar-refractivity contribution in [2.75, 3.05) is 26.7 Å². The average Bonchev–Trinajstić information content (AvgIpc) is 3.01. The van der Waals surface area contributed by atoms with E-state index in [4.69, 9.17) is 4.74 Å². The van der Waals surface area contributed by atoms with Crippen molar-refractivity contribution in [1.29, 1.82) is 0 Å². The van der Waals surface area contributed by atoms with E-state index in [9.17, 15) is 9.18 Å². The number of carbonyl (C=O) groups is 1. The molecular formula is C21H24FN3O2. The van der Waals surface area contributed by atoms with Crippen LogP contribution in [-0.2, 0) is 6.54 Å². The van der Waals surface area contributed by atoms with Gasteiger partial charge >= 0.3 is 0 Å². The highest BCUT2D eigenvalue weighted by Crippen LogP contribution is 2.30. The Bertz CT molecular complexity index is 814. The maximum atomic E-state index is 14.4. The molecule has 5 rings (SSSR count). The predicted molar refractivity (Wildman–Crippen MR) is 100 cm³/mol. The van der Waals surface area contributed by atoms with Gasteiger partial charge in [0.1, 0.15) is 17.3 Å². The van der Waals surface area contributed by atoms with Crippen molar-refractivity contribution in [3.8, 4) is 5.75 Å². The lowest BCUT2D eigenvalue weighted by molar-refractivity contribution is 0.0729. The third kappa shape index (κ3) is 3.81. The number of fused-ring (bicyclic) bond motifs is 4. The lowest BCUT2D eigenvalue weighted by atomic mass is 9.94. The van der Waals surface area contributed by atoms with Gasteiger partial charge in [0.05, 0.1) is 7.11 Å². The van der Waals surface area contributed by atoms with Gasteiger partial charge in [0.2, 0.25) is 0 Å². The summed E-state index contributed by atoms with van der Waals surface area (Å²) in [4.78, 5) is 21.3. The van der Waals surface area contributed by atoms with Crippen molar-refractivity contribution < 1.29 is 13.9 Å². The van der Waals surface area contributed by atoms with E-state index < -0.39 is 0 Å². The molecule has 27 heavy (non-hydrogen) atoms. The standard InChI is InChI=1S/C21H24FN3O2/c1-27-18-8-6-16(19(22)10-18)13-24-11-15-5-7-17(24)14-25(12-15)21(26)20-4-2-3-9-23-20/h2-4,6,8-10,15,17H,5,7,11-14H2,1H3/t15-,17-/m1/s1. The lowest BCUT2D eigenvalue weighted by Crippen LogP contribution is -2.44. The molecule has 6 heteroatoms. The average molecular weight is 369 g/mol. The summed E-state index contributed by atoms with van der Waals surface area (Å²) in [7, 11) is 1.54. The van der Waals surface area contributed by atoms with E-state index in [2.05, 4.69) is 9.88 Å². The fourth-order valence-corrected chi connectivity index (χ4v) is 4.19. The van der Waals surface area contributed by atoms with Gasteiger partial charge < -0.3 is 9.64 Å². The van der Waals surface area contributed by atoms with Crippen LogP contribution in [0.4, 0.5) is 4.39 Å². The number of halogens is 1. The predicted octanol–water partition coefficient (Wildman–Crippen LogP) is 2.97. The molecule has 0 N–H and O–H groups in total. The molecular weight excluding hydrogens is 345 g/mol. The Labute approximate surface area is 158 Å². The minimum absolute atomic E-state index is 0.00928. The largest absolute Gasteiger partial charge is 0.497 e. The maximum Gasteiger partial charge on any atom is 0.272 e. The van der Waals surface area contributed by atoms with Crippen LogP contribution in [0.15, 0.2) is 42.6 Å². The molecule has 2 atom stereocenters. The van der Waals surface area contributed by atoms with Crippen LogP contribution in [0.2, 0.25) is 0 Å². The number of ether oxygens (including phenoxy) is 1. The van der Waals surface area contributed by atoms with Crippen molar-refractivity contribution in [3.63, 3.8) is 0 Å². The molecule has 3 aliphatic rings. The van der Waals surface area contributed by atoms with Gasteiger partial charge in [-0.15, -0.1) is 0 Å². The zero-order chi connectivity index (χ0) is 18.8. The first-order chi connectivity index (χ1) is 13.1. The van der Waals surface area contributed by atoms with Gasteiger partial charge in [-0.25, -0.2) is 4.39 Å². The van der Waals surface area contributed by atoms with E-state index in [0.717, 1.165) is 25.9 Å². The third-order valence-electron chi connectivity index (χ3n) is 5.63. The molecule has 2 aromatic rings. The minimum Gasteiger partial charge on any atom is -0.497 e. The molecule has 3 saturated heterocycles. The first kappa shape index (κ1) is 17.9. The van der Waals surface area contributed by atoms with Gasteiger partial charge in [-0.3, -0.25) is 14.7 Å². The second-order valence-corrected chi connectivity index (χ2v) is 7.41. The summed E-state index contributed by atoms with van der Waals surface area (Å²) in [6, 6.07) is 10.7. The van der Waals surface area contributed by atoms with Crippen LogP contribution < -0.4 is 4.74 Å². The fourth-order valence-electron chi connectivity index (χ4n) is 4.19. The van der Waals surface area contributed by atoms with Gasteiger partial charge in [-0.05, 0) is 37.0 Å². The molecule has 0 saturated carbocycles. The monoisotopic (exact) mass is 369 g/mol. The number of aromatic nitrogens is 1. The van der Waals surface area contributed by atoms with Gasteiger partial charge in [0.15, 0.2) is 0 Å². The van der Waals surface area contributed by atoms with Crippen molar-refractivity contribution in [3.05, 3.63) is 59.7 Å². The molecule has 5 nitrogen and oxygen atoms in total. The molecule has 0 spiro atoms. The van der Waals surface area contributed by atoms with Crippen LogP contribution in [0.5, 0.6) is 5.75 Å². The smallest absolute Gasteiger partial charge is 0.272 e. The molecule has 2 bridgehead atoms. The van der Waals surface area contributed by atoms with Crippen LogP contribution in [0, 0.1) is 11.7 Å². The van der Waals surface area contributed by atoms with Crippen molar-refractivity contribution in [2.24, 2.45) is 5.92 Å². The first-order valence-corrected chi connectivity index (χ1v) is 9.41. The number of hydrogen-bond acceptors (Lipinski definition) is 4. The third-order valence-corrected chi connectivity index (χ3v) is 5.63. The molecule has 0 radical (unpaired) electrons. The summed E-state index contributed by atoms with van der Waals surface area (Å²) in [6.07, 6.45) is 3.80. The number of pyridine rings is 1. The summed E-state index contributed by atoms with van der Waals surface area (Å²) >= 11 is 0. The molecule has 1 aromatic carbocycles. The Hall–Kier alpha value is -2.47. The number of carbonyl (C=O) groups excluding carboxylic acids is 1. The molecule has 4 heterocycles. The van der Waals surface area contributed by atoms with E-state index in [0.29, 0.717) is 36.0 Å². The zero-order valence-corrected chi connectivity index (χ0v) is 15.5. The quantitative estimate of drug-likeness (QED) is 0.831. The number of hydrogen-bond donors (Lipinski definition) is 0. The Morgan fingerprint density at radius 1 is 1.22 bits per heavy atom. The van der Waals surface area contributed by atoms with Gasteiger partial charge in [-0.2, -0.15) is 0 Å². The molecule has 1 aromatic heterocycles. The highest BCUT2D eigenvalue weighted by atomic mass is 19.1. The van der Waals surface area contributed by atoms with E-state index in [1.165, 1.54) is 13.2 Å².